The summed E-state index contributed by atoms with van der Waals surface area (Å²) in [5.41, 5.74) is 8.78. The van der Waals surface area contributed by atoms with Crippen molar-refractivity contribution in [2.75, 3.05) is 43.9 Å². The molecule has 0 saturated carbocycles. The quantitative estimate of drug-likeness (QED) is 0.752. The molecular formula is C22H32FN5O. The summed E-state index contributed by atoms with van der Waals surface area (Å²) < 4.78 is 22.8. The number of nitrogens with two attached hydrogens (primary N) is 1. The van der Waals surface area contributed by atoms with Crippen LogP contribution >= 0.6 is 0 Å². The summed E-state index contributed by atoms with van der Waals surface area (Å²) >= 11 is 0. The van der Waals surface area contributed by atoms with Gasteiger partial charge in [-0.2, -0.15) is 5.10 Å². The Kier molecular flexibility index (Phi) is 5.67. The second kappa shape index (κ2) is 8.22. The Morgan fingerprint density at radius 1 is 1.28 bits per heavy atom. The molecule has 2 aromatic rings. The second-order valence-electron chi connectivity index (χ2n) is 8.55. The predicted molar refractivity (Wildman–Crippen MR) is 115 cm³/mol. The number of benzene rings is 1. The molecule has 0 amide bonds. The topological polar surface area (TPSA) is 68.3 Å². The van der Waals surface area contributed by atoms with Crippen molar-refractivity contribution in [2.24, 2.45) is 13.0 Å². The number of ether oxygens (including phenoxy) is 1. The number of halogens is 1. The molecule has 0 radical (unpaired) electrons. The van der Waals surface area contributed by atoms with Crippen molar-refractivity contribution in [3.63, 3.8) is 0 Å². The smallest absolute Gasteiger partial charge is 0.143 e. The summed E-state index contributed by atoms with van der Waals surface area (Å²) in [5.74, 6) is 1.16. The third kappa shape index (κ3) is 4.34. The molecule has 3 N–H and O–H groups in total. The number of piperidine rings is 2. The van der Waals surface area contributed by atoms with Gasteiger partial charge in [0.1, 0.15) is 11.4 Å². The molecule has 158 valence electrons. The van der Waals surface area contributed by atoms with E-state index in [2.05, 4.69) is 15.3 Å². The van der Waals surface area contributed by atoms with E-state index in [9.17, 15) is 0 Å². The molecule has 2 aliphatic heterocycles. The van der Waals surface area contributed by atoms with Gasteiger partial charge in [0.2, 0.25) is 0 Å². The number of nitrogens with one attached hydrogen (secondary N) is 1. The lowest BCUT2D eigenvalue weighted by atomic mass is 9.80. The lowest BCUT2D eigenvalue weighted by Crippen LogP contribution is -2.44. The standard InChI is InChI=1S/C22H32FN5O/c1-27-15-17(14-26-27)18-11-19(24)21(29-2)12-20(18)28-9-5-22(23,6-10-28)13-16-3-7-25-8-4-16/h11-12,14-16,25H,3-10,13,24H2,1-2H3. The van der Waals surface area contributed by atoms with Gasteiger partial charge in [-0.05, 0) is 57.2 Å². The van der Waals surface area contributed by atoms with Gasteiger partial charge in [-0.3, -0.25) is 4.68 Å². The molecule has 1 aromatic heterocycles. The van der Waals surface area contributed by atoms with E-state index in [4.69, 9.17) is 10.5 Å². The first kappa shape index (κ1) is 20.0. The van der Waals surface area contributed by atoms with Gasteiger partial charge in [0, 0.05) is 49.2 Å². The maximum Gasteiger partial charge on any atom is 0.143 e. The third-order valence-corrected chi connectivity index (χ3v) is 6.48. The minimum atomic E-state index is -1.05. The molecule has 3 heterocycles. The molecule has 0 aliphatic carbocycles. The van der Waals surface area contributed by atoms with Crippen LogP contribution in [0, 0.1) is 5.92 Å². The van der Waals surface area contributed by atoms with Crippen LogP contribution in [0.15, 0.2) is 24.5 Å². The fourth-order valence-electron chi connectivity index (χ4n) is 4.77. The zero-order valence-electron chi connectivity index (χ0n) is 17.5. The average molecular weight is 402 g/mol. The summed E-state index contributed by atoms with van der Waals surface area (Å²) in [4.78, 5) is 2.27. The van der Waals surface area contributed by atoms with E-state index in [0.29, 0.717) is 49.7 Å². The Morgan fingerprint density at radius 3 is 2.62 bits per heavy atom. The first-order valence-electron chi connectivity index (χ1n) is 10.6. The SMILES string of the molecule is COc1cc(N2CCC(F)(CC3CCNCC3)CC2)c(-c2cnn(C)c2)cc1N. The molecule has 7 heteroatoms. The highest BCUT2D eigenvalue weighted by Gasteiger charge is 2.37. The number of hydrogen-bond donors (Lipinski definition) is 2. The van der Waals surface area contributed by atoms with E-state index >= 15 is 4.39 Å². The molecule has 6 nitrogen and oxygen atoms in total. The van der Waals surface area contributed by atoms with Crippen LogP contribution in [-0.4, -0.2) is 48.7 Å². The Bertz CT molecular complexity index is 838. The Balaban J connectivity index is 1.54. The molecule has 1 aromatic carbocycles. The fourth-order valence-corrected chi connectivity index (χ4v) is 4.77. The van der Waals surface area contributed by atoms with Crippen molar-refractivity contribution in [1.29, 1.82) is 0 Å². The molecule has 0 spiro atoms. The number of hydrogen-bond acceptors (Lipinski definition) is 5. The minimum absolute atomic E-state index is 0.510. The lowest BCUT2D eigenvalue weighted by Gasteiger charge is -2.40. The maximum absolute atomic E-state index is 15.6. The van der Waals surface area contributed by atoms with Crippen LogP contribution in [0.3, 0.4) is 0 Å². The van der Waals surface area contributed by atoms with E-state index in [-0.39, 0.29) is 0 Å². The van der Waals surface area contributed by atoms with Crippen molar-refractivity contribution < 1.29 is 9.13 Å². The summed E-state index contributed by atoms with van der Waals surface area (Å²) in [6.45, 7) is 3.43. The Hall–Kier alpha value is -2.28. The van der Waals surface area contributed by atoms with Gasteiger partial charge in [-0.1, -0.05) is 0 Å². The molecule has 0 bridgehead atoms. The molecule has 2 aliphatic rings. The van der Waals surface area contributed by atoms with Crippen LogP contribution in [-0.2, 0) is 7.05 Å². The predicted octanol–water partition coefficient (Wildman–Crippen LogP) is 3.38. The van der Waals surface area contributed by atoms with Gasteiger partial charge in [-0.15, -0.1) is 0 Å². The normalized spacial score (nSPS) is 20.0. The van der Waals surface area contributed by atoms with Crippen LogP contribution in [0.1, 0.15) is 32.1 Å². The van der Waals surface area contributed by atoms with Gasteiger partial charge in [0.15, 0.2) is 0 Å². The van der Waals surface area contributed by atoms with Gasteiger partial charge < -0.3 is 20.7 Å². The molecule has 0 unspecified atom stereocenters. The number of nitrogen functional groups attached to an aromatic ring is 1. The highest BCUT2D eigenvalue weighted by molar-refractivity contribution is 5.83. The minimum Gasteiger partial charge on any atom is -0.495 e. The van der Waals surface area contributed by atoms with E-state index < -0.39 is 5.67 Å². The van der Waals surface area contributed by atoms with Crippen molar-refractivity contribution >= 4 is 11.4 Å². The molecule has 29 heavy (non-hydrogen) atoms. The maximum atomic E-state index is 15.6. The van der Waals surface area contributed by atoms with Crippen molar-refractivity contribution in [1.82, 2.24) is 15.1 Å². The largest absolute Gasteiger partial charge is 0.495 e. The first-order valence-corrected chi connectivity index (χ1v) is 10.6. The van der Waals surface area contributed by atoms with Crippen molar-refractivity contribution in [3.8, 4) is 16.9 Å². The number of anilines is 2. The lowest BCUT2D eigenvalue weighted by molar-refractivity contribution is 0.0829. The van der Waals surface area contributed by atoms with E-state index in [1.54, 1.807) is 11.8 Å². The van der Waals surface area contributed by atoms with Gasteiger partial charge in [0.25, 0.3) is 0 Å². The molecule has 2 fully saturated rings. The number of aryl methyl sites for hydroxylation is 1. The third-order valence-electron chi connectivity index (χ3n) is 6.48. The van der Waals surface area contributed by atoms with Crippen LogP contribution in [0.4, 0.5) is 15.8 Å². The highest BCUT2D eigenvalue weighted by atomic mass is 19.1. The molecule has 0 atom stereocenters. The van der Waals surface area contributed by atoms with Gasteiger partial charge in [0.05, 0.1) is 19.0 Å². The number of nitrogens with zero attached hydrogens (tertiary/aromatic N) is 3. The number of aromatic nitrogens is 2. The number of alkyl halides is 1. The number of rotatable bonds is 5. The fraction of sp³-hybridized carbons (Fsp3) is 0.591. The van der Waals surface area contributed by atoms with Crippen LogP contribution in [0.5, 0.6) is 5.75 Å². The van der Waals surface area contributed by atoms with Crippen molar-refractivity contribution in [2.45, 2.75) is 37.8 Å². The van der Waals surface area contributed by atoms with Crippen LogP contribution in [0.25, 0.3) is 11.1 Å². The molecule has 4 rings (SSSR count). The molecular weight excluding hydrogens is 369 g/mol. The Morgan fingerprint density at radius 2 is 2.00 bits per heavy atom. The summed E-state index contributed by atoms with van der Waals surface area (Å²) in [5, 5.41) is 7.67. The van der Waals surface area contributed by atoms with E-state index in [1.807, 2.05) is 31.6 Å². The summed E-state index contributed by atoms with van der Waals surface area (Å²) in [7, 11) is 3.52. The van der Waals surface area contributed by atoms with E-state index in [1.165, 1.54) is 0 Å². The van der Waals surface area contributed by atoms with Gasteiger partial charge in [-0.25, -0.2) is 4.39 Å². The van der Waals surface area contributed by atoms with Crippen LogP contribution in [0.2, 0.25) is 0 Å². The zero-order valence-corrected chi connectivity index (χ0v) is 17.5. The van der Waals surface area contributed by atoms with Crippen molar-refractivity contribution in [3.05, 3.63) is 24.5 Å². The van der Waals surface area contributed by atoms with E-state index in [0.717, 1.165) is 42.7 Å². The van der Waals surface area contributed by atoms with Crippen LogP contribution < -0.4 is 20.7 Å². The molecule has 2 saturated heterocycles. The number of methoxy groups -OCH3 is 1. The zero-order chi connectivity index (χ0) is 20.4. The first-order chi connectivity index (χ1) is 14.0. The summed E-state index contributed by atoms with van der Waals surface area (Å²) in [6, 6.07) is 3.92. The summed E-state index contributed by atoms with van der Waals surface area (Å²) in [6.07, 6.45) is 7.83. The highest BCUT2D eigenvalue weighted by Crippen LogP contribution is 2.42. The average Bonchev–Trinajstić information content (AvgIpc) is 3.15. The Labute approximate surface area is 172 Å². The van der Waals surface area contributed by atoms with Gasteiger partial charge >= 0.3 is 0 Å². The second-order valence-corrected chi connectivity index (χ2v) is 8.55. The monoisotopic (exact) mass is 401 g/mol.